The summed E-state index contributed by atoms with van der Waals surface area (Å²) in [5.74, 6) is 2.09. The Kier molecular flexibility index (Phi) is 4.36. The molecule has 0 spiro atoms. The predicted molar refractivity (Wildman–Crippen MR) is 72.8 cm³/mol. The van der Waals surface area contributed by atoms with E-state index < -0.39 is 0 Å². The second kappa shape index (κ2) is 6.00. The van der Waals surface area contributed by atoms with Crippen LogP contribution in [0.4, 0.5) is 11.8 Å². The zero-order valence-corrected chi connectivity index (χ0v) is 11.1. The zero-order chi connectivity index (χ0) is 13.0. The Hall–Kier alpha value is -1.36. The van der Waals surface area contributed by atoms with Crippen LogP contribution in [-0.2, 0) is 0 Å². The molecule has 5 heteroatoms. The largest absolute Gasteiger partial charge is 0.393 e. The van der Waals surface area contributed by atoms with Gasteiger partial charge >= 0.3 is 0 Å². The zero-order valence-electron chi connectivity index (χ0n) is 11.1. The molecule has 1 aromatic heterocycles. The molecule has 1 aliphatic rings. The minimum absolute atomic E-state index is 0.199. The summed E-state index contributed by atoms with van der Waals surface area (Å²) < 4.78 is 0. The van der Waals surface area contributed by atoms with E-state index in [-0.39, 0.29) is 6.10 Å². The highest BCUT2D eigenvalue weighted by molar-refractivity contribution is 5.42. The Balaban J connectivity index is 1.98. The Labute approximate surface area is 108 Å². The van der Waals surface area contributed by atoms with Gasteiger partial charge in [0.15, 0.2) is 0 Å². The van der Waals surface area contributed by atoms with Crippen molar-refractivity contribution in [3.05, 3.63) is 12.3 Å². The summed E-state index contributed by atoms with van der Waals surface area (Å²) in [6.45, 7) is 6.66. The molecule has 0 radical (unpaired) electrons. The van der Waals surface area contributed by atoms with E-state index in [9.17, 15) is 5.11 Å². The van der Waals surface area contributed by atoms with Crippen molar-refractivity contribution in [2.45, 2.75) is 32.8 Å². The lowest BCUT2D eigenvalue weighted by Gasteiger charge is -2.34. The monoisotopic (exact) mass is 250 g/mol. The second-order valence-corrected chi connectivity index (χ2v) is 4.83. The maximum absolute atomic E-state index is 9.59. The fourth-order valence-corrected chi connectivity index (χ4v) is 2.38. The van der Waals surface area contributed by atoms with Crippen LogP contribution >= 0.6 is 0 Å². The van der Waals surface area contributed by atoms with Crippen molar-refractivity contribution in [3.63, 3.8) is 0 Å². The molecular formula is C13H22N4O. The van der Waals surface area contributed by atoms with Crippen LogP contribution < -0.4 is 10.2 Å². The molecule has 1 fully saturated rings. The number of hydrogen-bond acceptors (Lipinski definition) is 5. The molecule has 1 aliphatic heterocycles. The van der Waals surface area contributed by atoms with Crippen molar-refractivity contribution < 1.29 is 5.11 Å². The van der Waals surface area contributed by atoms with Crippen molar-refractivity contribution in [1.82, 2.24) is 9.97 Å². The van der Waals surface area contributed by atoms with Crippen LogP contribution in [0, 0.1) is 5.92 Å². The van der Waals surface area contributed by atoms with Crippen LogP contribution in [0.15, 0.2) is 12.3 Å². The Morgan fingerprint density at radius 2 is 2.22 bits per heavy atom. The van der Waals surface area contributed by atoms with Gasteiger partial charge < -0.3 is 15.3 Å². The fourth-order valence-electron chi connectivity index (χ4n) is 2.38. The van der Waals surface area contributed by atoms with Crippen molar-refractivity contribution in [3.8, 4) is 0 Å². The molecule has 1 unspecified atom stereocenters. The van der Waals surface area contributed by atoms with Gasteiger partial charge in [0.05, 0.1) is 6.10 Å². The van der Waals surface area contributed by atoms with E-state index in [1.807, 2.05) is 19.9 Å². The molecular weight excluding hydrogens is 228 g/mol. The number of nitrogens with one attached hydrogen (secondary N) is 1. The second-order valence-electron chi connectivity index (χ2n) is 4.83. The van der Waals surface area contributed by atoms with E-state index in [2.05, 4.69) is 20.2 Å². The van der Waals surface area contributed by atoms with Crippen LogP contribution in [0.3, 0.4) is 0 Å². The third kappa shape index (κ3) is 3.10. The number of aromatic nitrogens is 2. The maximum Gasteiger partial charge on any atom is 0.224 e. The molecule has 1 saturated heterocycles. The summed E-state index contributed by atoms with van der Waals surface area (Å²) in [4.78, 5) is 10.9. The lowest BCUT2D eigenvalue weighted by atomic mass is 9.92. The first-order valence-electron chi connectivity index (χ1n) is 6.70. The summed E-state index contributed by atoms with van der Waals surface area (Å²) in [5, 5.41) is 12.7. The molecule has 0 aromatic carbocycles. The van der Waals surface area contributed by atoms with Gasteiger partial charge in [0, 0.05) is 25.8 Å². The Morgan fingerprint density at radius 3 is 2.83 bits per heavy atom. The molecule has 0 saturated carbocycles. The van der Waals surface area contributed by atoms with Crippen molar-refractivity contribution in [1.29, 1.82) is 0 Å². The average molecular weight is 250 g/mol. The van der Waals surface area contributed by atoms with Crippen LogP contribution in [0.1, 0.15) is 26.7 Å². The maximum atomic E-state index is 9.59. The minimum atomic E-state index is -0.199. The first kappa shape index (κ1) is 13.1. The topological polar surface area (TPSA) is 61.3 Å². The third-order valence-electron chi connectivity index (χ3n) is 3.52. The number of nitrogens with zero attached hydrogens (tertiary/aromatic N) is 3. The highest BCUT2D eigenvalue weighted by Gasteiger charge is 2.23. The van der Waals surface area contributed by atoms with E-state index in [1.54, 1.807) is 6.20 Å². The summed E-state index contributed by atoms with van der Waals surface area (Å²) in [6, 6.07) is 1.95. The molecule has 2 N–H and O–H groups in total. The number of piperidine rings is 1. The van der Waals surface area contributed by atoms with Crippen LogP contribution in [0.5, 0.6) is 0 Å². The molecule has 0 bridgehead atoms. The minimum Gasteiger partial charge on any atom is -0.393 e. The molecule has 100 valence electrons. The van der Waals surface area contributed by atoms with Gasteiger partial charge in [-0.05, 0) is 38.7 Å². The smallest absolute Gasteiger partial charge is 0.224 e. The Morgan fingerprint density at radius 1 is 1.50 bits per heavy atom. The van der Waals surface area contributed by atoms with Gasteiger partial charge in [0.1, 0.15) is 5.82 Å². The van der Waals surface area contributed by atoms with Gasteiger partial charge in [-0.2, -0.15) is 4.98 Å². The van der Waals surface area contributed by atoms with Gasteiger partial charge in [-0.1, -0.05) is 0 Å². The number of hydrogen-bond donors (Lipinski definition) is 2. The van der Waals surface area contributed by atoms with E-state index in [0.29, 0.717) is 11.9 Å². The molecule has 2 rings (SSSR count). The van der Waals surface area contributed by atoms with Gasteiger partial charge in [0.25, 0.3) is 0 Å². The van der Waals surface area contributed by atoms with E-state index in [4.69, 9.17) is 0 Å². The summed E-state index contributed by atoms with van der Waals surface area (Å²) in [7, 11) is 0. The lowest BCUT2D eigenvalue weighted by Crippen LogP contribution is -2.37. The predicted octanol–water partition coefficient (Wildman–Crippen LogP) is 1.51. The molecule has 0 amide bonds. The number of aliphatic hydroxyl groups excluding tert-OH is 1. The van der Waals surface area contributed by atoms with Gasteiger partial charge in [-0.25, -0.2) is 4.98 Å². The molecule has 2 heterocycles. The van der Waals surface area contributed by atoms with Crippen molar-refractivity contribution >= 4 is 11.8 Å². The van der Waals surface area contributed by atoms with E-state index in [1.165, 1.54) is 0 Å². The van der Waals surface area contributed by atoms with Crippen molar-refractivity contribution in [2.24, 2.45) is 5.92 Å². The Bertz CT molecular complexity index is 375. The number of anilines is 2. The first-order chi connectivity index (χ1) is 8.70. The van der Waals surface area contributed by atoms with Crippen molar-refractivity contribution in [2.75, 3.05) is 29.9 Å². The van der Waals surface area contributed by atoms with Gasteiger partial charge in [-0.3, -0.25) is 0 Å². The van der Waals surface area contributed by atoms with Gasteiger partial charge in [0.2, 0.25) is 5.95 Å². The van der Waals surface area contributed by atoms with Gasteiger partial charge in [-0.15, -0.1) is 0 Å². The fraction of sp³-hybridized carbons (Fsp3) is 0.692. The summed E-state index contributed by atoms with van der Waals surface area (Å²) in [5.41, 5.74) is 0. The summed E-state index contributed by atoms with van der Waals surface area (Å²) in [6.07, 6.45) is 3.65. The van der Waals surface area contributed by atoms with E-state index >= 15 is 0 Å². The van der Waals surface area contributed by atoms with Crippen LogP contribution in [0.25, 0.3) is 0 Å². The van der Waals surface area contributed by atoms with Crippen LogP contribution in [-0.4, -0.2) is 40.8 Å². The standard InChI is InChI=1S/C13H22N4O/c1-3-14-13-15-7-4-12(16-13)17-8-5-11(6-9-17)10(2)18/h4,7,10-11,18H,3,5-6,8-9H2,1-2H3,(H,14,15,16). The quantitative estimate of drug-likeness (QED) is 0.848. The number of rotatable bonds is 4. The molecule has 1 atom stereocenters. The molecule has 18 heavy (non-hydrogen) atoms. The normalized spacial score (nSPS) is 18.7. The molecule has 1 aromatic rings. The van der Waals surface area contributed by atoms with E-state index in [0.717, 1.165) is 38.3 Å². The summed E-state index contributed by atoms with van der Waals surface area (Å²) >= 11 is 0. The first-order valence-corrected chi connectivity index (χ1v) is 6.70. The third-order valence-corrected chi connectivity index (χ3v) is 3.52. The SMILES string of the molecule is CCNc1nccc(N2CCC(C(C)O)CC2)n1. The molecule has 5 nitrogen and oxygen atoms in total. The average Bonchev–Trinajstić information content (AvgIpc) is 2.39. The highest BCUT2D eigenvalue weighted by atomic mass is 16.3. The van der Waals surface area contributed by atoms with Crippen LogP contribution in [0.2, 0.25) is 0 Å². The molecule has 0 aliphatic carbocycles. The lowest BCUT2D eigenvalue weighted by molar-refractivity contribution is 0.110. The number of aliphatic hydroxyl groups is 1. The highest BCUT2D eigenvalue weighted by Crippen LogP contribution is 2.24.